The first-order valence-electron chi connectivity index (χ1n) is 6.94. The highest BCUT2D eigenvalue weighted by Crippen LogP contribution is 2.35. The molecule has 2 aromatic carbocycles. The molecule has 21 heavy (non-hydrogen) atoms. The van der Waals surface area contributed by atoms with Gasteiger partial charge in [-0.2, -0.15) is 13.2 Å². The standard InChI is InChI=1S/C17H16F3N/c18-17(19,20)15-7-5-11(6-8-15)16(21)14-9-12-3-1-2-4-13(12)10-14/h1-8,14,16H,9-10,21H2. The first-order valence-corrected chi connectivity index (χ1v) is 6.94. The van der Waals surface area contributed by atoms with Gasteiger partial charge in [0.05, 0.1) is 5.56 Å². The van der Waals surface area contributed by atoms with E-state index in [4.69, 9.17) is 5.73 Å². The number of hydrogen-bond donors (Lipinski definition) is 1. The molecule has 0 aromatic heterocycles. The number of benzene rings is 2. The van der Waals surface area contributed by atoms with Gasteiger partial charge in [0, 0.05) is 6.04 Å². The number of nitrogens with two attached hydrogens (primary N) is 1. The van der Waals surface area contributed by atoms with Crippen molar-refractivity contribution in [2.24, 2.45) is 11.7 Å². The second-order valence-electron chi connectivity index (χ2n) is 5.58. The highest BCUT2D eigenvalue weighted by atomic mass is 19.4. The van der Waals surface area contributed by atoms with Crippen molar-refractivity contribution < 1.29 is 13.2 Å². The van der Waals surface area contributed by atoms with Gasteiger partial charge in [0.15, 0.2) is 0 Å². The van der Waals surface area contributed by atoms with Crippen molar-refractivity contribution >= 4 is 0 Å². The molecule has 1 aliphatic carbocycles. The second-order valence-corrected chi connectivity index (χ2v) is 5.58. The van der Waals surface area contributed by atoms with Crippen molar-refractivity contribution in [2.75, 3.05) is 0 Å². The fourth-order valence-electron chi connectivity index (χ4n) is 3.01. The third kappa shape index (κ3) is 2.81. The summed E-state index contributed by atoms with van der Waals surface area (Å²) < 4.78 is 37.7. The van der Waals surface area contributed by atoms with Crippen molar-refractivity contribution in [3.05, 3.63) is 70.8 Å². The lowest BCUT2D eigenvalue weighted by molar-refractivity contribution is -0.137. The van der Waals surface area contributed by atoms with Crippen molar-refractivity contribution in [3.8, 4) is 0 Å². The fourth-order valence-corrected chi connectivity index (χ4v) is 3.01. The fraction of sp³-hybridized carbons (Fsp3) is 0.294. The summed E-state index contributed by atoms with van der Waals surface area (Å²) in [5.74, 6) is 0.249. The molecule has 1 atom stereocenters. The van der Waals surface area contributed by atoms with Crippen LogP contribution in [0.3, 0.4) is 0 Å². The molecule has 0 saturated heterocycles. The van der Waals surface area contributed by atoms with Crippen LogP contribution >= 0.6 is 0 Å². The van der Waals surface area contributed by atoms with Crippen LogP contribution in [0.4, 0.5) is 13.2 Å². The summed E-state index contributed by atoms with van der Waals surface area (Å²) in [4.78, 5) is 0. The van der Waals surface area contributed by atoms with E-state index in [1.54, 1.807) is 0 Å². The first-order chi connectivity index (χ1) is 9.95. The van der Waals surface area contributed by atoms with Crippen LogP contribution in [0, 0.1) is 5.92 Å². The maximum absolute atomic E-state index is 12.6. The van der Waals surface area contributed by atoms with Gasteiger partial charge >= 0.3 is 6.18 Å². The van der Waals surface area contributed by atoms with Crippen LogP contribution in [0.5, 0.6) is 0 Å². The zero-order valence-corrected chi connectivity index (χ0v) is 11.4. The van der Waals surface area contributed by atoms with Crippen molar-refractivity contribution in [2.45, 2.75) is 25.1 Å². The zero-order chi connectivity index (χ0) is 15.0. The van der Waals surface area contributed by atoms with E-state index < -0.39 is 11.7 Å². The van der Waals surface area contributed by atoms with E-state index in [0.717, 1.165) is 30.5 Å². The molecule has 2 N–H and O–H groups in total. The topological polar surface area (TPSA) is 26.0 Å². The van der Waals surface area contributed by atoms with Crippen LogP contribution < -0.4 is 5.73 Å². The minimum absolute atomic E-state index is 0.236. The summed E-state index contributed by atoms with van der Waals surface area (Å²) in [7, 11) is 0. The molecular formula is C17H16F3N. The number of rotatable bonds is 2. The molecule has 2 aromatic rings. The minimum Gasteiger partial charge on any atom is -0.324 e. The molecule has 110 valence electrons. The van der Waals surface area contributed by atoms with E-state index >= 15 is 0 Å². The van der Waals surface area contributed by atoms with Crippen LogP contribution in [-0.2, 0) is 19.0 Å². The summed E-state index contributed by atoms with van der Waals surface area (Å²) in [6.45, 7) is 0. The van der Waals surface area contributed by atoms with Crippen molar-refractivity contribution in [3.63, 3.8) is 0 Å². The maximum Gasteiger partial charge on any atom is 0.416 e. The monoisotopic (exact) mass is 291 g/mol. The molecule has 1 unspecified atom stereocenters. The number of hydrogen-bond acceptors (Lipinski definition) is 1. The van der Waals surface area contributed by atoms with E-state index in [2.05, 4.69) is 12.1 Å². The molecule has 0 amide bonds. The van der Waals surface area contributed by atoms with E-state index in [1.807, 2.05) is 12.1 Å². The van der Waals surface area contributed by atoms with E-state index in [-0.39, 0.29) is 12.0 Å². The van der Waals surface area contributed by atoms with Gasteiger partial charge in [-0.3, -0.25) is 0 Å². The smallest absolute Gasteiger partial charge is 0.324 e. The van der Waals surface area contributed by atoms with E-state index in [0.29, 0.717) is 0 Å². The lowest BCUT2D eigenvalue weighted by atomic mass is 9.91. The highest BCUT2D eigenvalue weighted by molar-refractivity contribution is 5.34. The zero-order valence-electron chi connectivity index (χ0n) is 11.4. The maximum atomic E-state index is 12.6. The van der Waals surface area contributed by atoms with Crippen LogP contribution in [0.2, 0.25) is 0 Å². The quantitative estimate of drug-likeness (QED) is 0.885. The van der Waals surface area contributed by atoms with Gasteiger partial charge in [0.25, 0.3) is 0 Å². The van der Waals surface area contributed by atoms with Gasteiger partial charge in [-0.25, -0.2) is 0 Å². The molecule has 0 radical (unpaired) electrons. The van der Waals surface area contributed by atoms with Gasteiger partial charge in [-0.05, 0) is 47.6 Å². The molecule has 4 heteroatoms. The molecule has 1 aliphatic rings. The Bertz CT molecular complexity index is 606. The lowest BCUT2D eigenvalue weighted by Gasteiger charge is -2.20. The Morgan fingerprint density at radius 1 is 0.905 bits per heavy atom. The molecule has 0 bridgehead atoms. The third-order valence-corrected chi connectivity index (χ3v) is 4.21. The summed E-state index contributed by atoms with van der Waals surface area (Å²) >= 11 is 0. The predicted molar refractivity (Wildman–Crippen MR) is 75.7 cm³/mol. The summed E-state index contributed by atoms with van der Waals surface area (Å²) in [5.41, 5.74) is 8.98. The summed E-state index contributed by atoms with van der Waals surface area (Å²) in [6, 6.07) is 13.2. The molecule has 0 saturated carbocycles. The number of halogens is 3. The number of alkyl halides is 3. The minimum atomic E-state index is -4.30. The van der Waals surface area contributed by atoms with Crippen molar-refractivity contribution in [1.29, 1.82) is 0 Å². The molecule has 0 spiro atoms. The van der Waals surface area contributed by atoms with Gasteiger partial charge < -0.3 is 5.73 Å². The van der Waals surface area contributed by atoms with Gasteiger partial charge in [-0.1, -0.05) is 36.4 Å². The number of fused-ring (bicyclic) bond motifs is 1. The predicted octanol–water partition coefficient (Wildman–Crippen LogP) is 4.12. The van der Waals surface area contributed by atoms with Crippen LogP contribution in [0.25, 0.3) is 0 Å². The summed E-state index contributed by atoms with van der Waals surface area (Å²) in [6.07, 6.45) is -2.52. The average molecular weight is 291 g/mol. The van der Waals surface area contributed by atoms with Crippen molar-refractivity contribution in [1.82, 2.24) is 0 Å². The molecule has 0 heterocycles. The molecule has 3 rings (SSSR count). The summed E-state index contributed by atoms with van der Waals surface area (Å²) in [5, 5.41) is 0. The average Bonchev–Trinajstić information content (AvgIpc) is 2.89. The normalized spacial score (nSPS) is 16.8. The van der Waals surface area contributed by atoms with Crippen LogP contribution in [0.15, 0.2) is 48.5 Å². The highest BCUT2D eigenvalue weighted by Gasteiger charge is 2.31. The van der Waals surface area contributed by atoms with Crippen LogP contribution in [0.1, 0.15) is 28.3 Å². The van der Waals surface area contributed by atoms with E-state index in [9.17, 15) is 13.2 Å². The second kappa shape index (κ2) is 5.19. The molecule has 1 nitrogen and oxygen atoms in total. The Morgan fingerprint density at radius 2 is 1.43 bits per heavy atom. The van der Waals surface area contributed by atoms with Gasteiger partial charge in [-0.15, -0.1) is 0 Å². The third-order valence-electron chi connectivity index (χ3n) is 4.21. The Labute approximate surface area is 121 Å². The Morgan fingerprint density at radius 3 is 1.90 bits per heavy atom. The molecule has 0 aliphatic heterocycles. The van der Waals surface area contributed by atoms with E-state index in [1.165, 1.54) is 23.3 Å². The molecular weight excluding hydrogens is 275 g/mol. The Hall–Kier alpha value is -1.81. The largest absolute Gasteiger partial charge is 0.416 e. The Kier molecular flexibility index (Phi) is 3.49. The Balaban J connectivity index is 1.76. The SMILES string of the molecule is NC(c1ccc(C(F)(F)F)cc1)C1Cc2ccccc2C1. The van der Waals surface area contributed by atoms with Gasteiger partial charge in [0.1, 0.15) is 0 Å². The van der Waals surface area contributed by atoms with Crippen LogP contribution in [-0.4, -0.2) is 0 Å². The first kappa shape index (κ1) is 14.1. The lowest BCUT2D eigenvalue weighted by Crippen LogP contribution is -2.22. The van der Waals surface area contributed by atoms with Gasteiger partial charge in [0.2, 0.25) is 0 Å². The molecule has 0 fully saturated rings.